The molecule has 1 aromatic carbocycles. The molecule has 158 valence electrons. The topological polar surface area (TPSA) is 81.8 Å². The van der Waals surface area contributed by atoms with E-state index < -0.39 is 41.1 Å². The Morgan fingerprint density at radius 3 is 2.66 bits per heavy atom. The van der Waals surface area contributed by atoms with Crippen LogP contribution >= 0.6 is 0 Å². The van der Waals surface area contributed by atoms with Gasteiger partial charge in [-0.3, -0.25) is 19.9 Å². The molecule has 0 aromatic heterocycles. The van der Waals surface area contributed by atoms with Crippen LogP contribution in [0.2, 0.25) is 0 Å². The Balaban J connectivity index is 1.55. The molecule has 1 atom stereocenters. The number of carbonyl (C=O) groups is 3. The van der Waals surface area contributed by atoms with Gasteiger partial charge in [-0.05, 0) is 45.0 Å². The van der Waals surface area contributed by atoms with Crippen molar-refractivity contribution in [3.05, 3.63) is 35.4 Å². The fourth-order valence-corrected chi connectivity index (χ4v) is 3.94. The molecule has 2 aliphatic rings. The lowest BCUT2D eigenvalue weighted by Crippen LogP contribution is -2.51. The average Bonchev–Trinajstić information content (AvgIpc) is 2.91. The third-order valence-electron chi connectivity index (χ3n) is 5.87. The minimum absolute atomic E-state index is 0.0121. The fraction of sp³-hybridized carbons (Fsp3) is 0.550. The molecule has 1 saturated heterocycles. The highest BCUT2D eigenvalue weighted by Gasteiger charge is 2.52. The molecule has 1 saturated carbocycles. The molecule has 1 unspecified atom stereocenters. The van der Waals surface area contributed by atoms with E-state index in [1.165, 1.54) is 0 Å². The second-order valence-electron chi connectivity index (χ2n) is 7.82. The zero-order valence-corrected chi connectivity index (χ0v) is 16.6. The summed E-state index contributed by atoms with van der Waals surface area (Å²) < 4.78 is 27.4. The normalized spacial score (nSPS) is 19.6. The van der Waals surface area contributed by atoms with E-state index in [4.69, 9.17) is 0 Å². The Labute approximate surface area is 168 Å². The highest BCUT2D eigenvalue weighted by atomic mass is 19.1. The van der Waals surface area contributed by atoms with Crippen molar-refractivity contribution in [1.82, 2.24) is 20.7 Å². The van der Waals surface area contributed by atoms with Crippen LogP contribution in [0.15, 0.2) is 18.2 Å². The van der Waals surface area contributed by atoms with Crippen LogP contribution in [0.3, 0.4) is 0 Å². The molecule has 7 nitrogen and oxygen atoms in total. The SMILES string of the molecule is CC(c1cc(F)ccc1F)N(C)CCC(=O)NN1C(=O)NC2(CCCCC2)C1=O. The molecule has 0 radical (unpaired) electrons. The Morgan fingerprint density at radius 2 is 1.97 bits per heavy atom. The van der Waals surface area contributed by atoms with E-state index in [1.54, 1.807) is 18.9 Å². The summed E-state index contributed by atoms with van der Waals surface area (Å²) in [5.74, 6) is -1.97. The Bertz CT molecular complexity index is 811. The van der Waals surface area contributed by atoms with Gasteiger partial charge in [-0.2, -0.15) is 5.01 Å². The Kier molecular flexibility index (Phi) is 6.16. The summed E-state index contributed by atoms with van der Waals surface area (Å²) in [5, 5.41) is 3.49. The summed E-state index contributed by atoms with van der Waals surface area (Å²) >= 11 is 0. The van der Waals surface area contributed by atoms with Crippen LogP contribution in [0, 0.1) is 11.6 Å². The monoisotopic (exact) mass is 408 g/mol. The van der Waals surface area contributed by atoms with Crippen molar-refractivity contribution in [2.24, 2.45) is 0 Å². The van der Waals surface area contributed by atoms with Crippen LogP contribution in [-0.2, 0) is 9.59 Å². The number of amides is 4. The number of hydrogen-bond donors (Lipinski definition) is 2. The summed E-state index contributed by atoms with van der Waals surface area (Å²) in [6.07, 6.45) is 3.86. The summed E-state index contributed by atoms with van der Waals surface area (Å²) in [5.41, 5.74) is 1.67. The van der Waals surface area contributed by atoms with Crippen LogP contribution in [0.25, 0.3) is 0 Å². The van der Waals surface area contributed by atoms with Gasteiger partial charge in [0.1, 0.15) is 17.2 Å². The molecular formula is C20H26F2N4O3. The average molecular weight is 408 g/mol. The van der Waals surface area contributed by atoms with Gasteiger partial charge in [0, 0.05) is 24.6 Å². The minimum atomic E-state index is -0.900. The zero-order chi connectivity index (χ0) is 21.2. The van der Waals surface area contributed by atoms with Crippen molar-refractivity contribution in [2.75, 3.05) is 13.6 Å². The van der Waals surface area contributed by atoms with Crippen molar-refractivity contribution in [3.8, 4) is 0 Å². The summed E-state index contributed by atoms with van der Waals surface area (Å²) in [4.78, 5) is 38.9. The van der Waals surface area contributed by atoms with Gasteiger partial charge in [-0.25, -0.2) is 13.6 Å². The number of carbonyl (C=O) groups excluding carboxylic acids is 3. The first-order chi connectivity index (χ1) is 13.7. The third-order valence-corrected chi connectivity index (χ3v) is 5.87. The predicted octanol–water partition coefficient (Wildman–Crippen LogP) is 2.63. The smallest absolute Gasteiger partial charge is 0.322 e. The highest BCUT2D eigenvalue weighted by molar-refractivity contribution is 6.08. The van der Waals surface area contributed by atoms with Crippen molar-refractivity contribution >= 4 is 17.8 Å². The number of imide groups is 1. The van der Waals surface area contributed by atoms with Gasteiger partial charge in [0.05, 0.1) is 0 Å². The molecule has 2 N–H and O–H groups in total. The Morgan fingerprint density at radius 1 is 1.28 bits per heavy atom. The van der Waals surface area contributed by atoms with E-state index in [2.05, 4.69) is 10.7 Å². The number of nitrogens with one attached hydrogen (secondary N) is 2. The maximum atomic E-state index is 13.9. The molecule has 4 amide bonds. The molecule has 2 fully saturated rings. The first kappa shape index (κ1) is 21.2. The molecule has 1 aliphatic carbocycles. The van der Waals surface area contributed by atoms with Gasteiger partial charge in [0.15, 0.2) is 0 Å². The van der Waals surface area contributed by atoms with Crippen LogP contribution in [-0.4, -0.2) is 46.9 Å². The predicted molar refractivity (Wildman–Crippen MR) is 101 cm³/mol. The molecular weight excluding hydrogens is 382 g/mol. The van der Waals surface area contributed by atoms with Gasteiger partial charge < -0.3 is 5.32 Å². The van der Waals surface area contributed by atoms with Crippen LogP contribution < -0.4 is 10.7 Å². The molecule has 29 heavy (non-hydrogen) atoms. The van der Waals surface area contributed by atoms with Crippen molar-refractivity contribution < 1.29 is 23.2 Å². The number of halogens is 2. The van der Waals surface area contributed by atoms with E-state index in [9.17, 15) is 23.2 Å². The van der Waals surface area contributed by atoms with Crippen LogP contribution in [0.5, 0.6) is 0 Å². The molecule has 1 aliphatic heterocycles. The fourth-order valence-electron chi connectivity index (χ4n) is 3.94. The molecule has 3 rings (SSSR count). The van der Waals surface area contributed by atoms with E-state index in [0.29, 0.717) is 12.8 Å². The summed E-state index contributed by atoms with van der Waals surface area (Å²) in [7, 11) is 1.69. The van der Waals surface area contributed by atoms with Crippen molar-refractivity contribution in [1.29, 1.82) is 0 Å². The summed E-state index contributed by atoms with van der Waals surface area (Å²) in [6.45, 7) is 1.94. The van der Waals surface area contributed by atoms with Crippen LogP contribution in [0.4, 0.5) is 13.6 Å². The molecule has 1 spiro atoms. The van der Waals surface area contributed by atoms with Crippen molar-refractivity contribution in [3.63, 3.8) is 0 Å². The van der Waals surface area contributed by atoms with E-state index in [0.717, 1.165) is 42.5 Å². The molecule has 1 heterocycles. The number of rotatable bonds is 6. The molecule has 1 aromatic rings. The number of nitrogens with zero attached hydrogens (tertiary/aromatic N) is 2. The van der Waals surface area contributed by atoms with Crippen LogP contribution in [0.1, 0.15) is 57.1 Å². The lowest BCUT2D eigenvalue weighted by molar-refractivity contribution is -0.140. The maximum Gasteiger partial charge on any atom is 0.344 e. The number of benzene rings is 1. The van der Waals surface area contributed by atoms with E-state index >= 15 is 0 Å². The lowest BCUT2D eigenvalue weighted by atomic mass is 9.82. The first-order valence-electron chi connectivity index (χ1n) is 9.85. The number of hydrogen-bond acceptors (Lipinski definition) is 4. The van der Waals surface area contributed by atoms with Gasteiger partial charge in [0.25, 0.3) is 5.91 Å². The minimum Gasteiger partial charge on any atom is -0.322 e. The third kappa shape index (κ3) is 4.39. The summed E-state index contributed by atoms with van der Waals surface area (Å²) in [6, 6.07) is 2.18. The first-order valence-corrected chi connectivity index (χ1v) is 9.85. The zero-order valence-electron chi connectivity index (χ0n) is 16.6. The molecule has 0 bridgehead atoms. The number of urea groups is 1. The second-order valence-corrected chi connectivity index (χ2v) is 7.82. The second kappa shape index (κ2) is 8.44. The van der Waals surface area contributed by atoms with Crippen molar-refractivity contribution in [2.45, 2.75) is 57.0 Å². The van der Waals surface area contributed by atoms with E-state index in [-0.39, 0.29) is 18.5 Å². The van der Waals surface area contributed by atoms with Gasteiger partial charge in [-0.1, -0.05) is 19.3 Å². The highest BCUT2D eigenvalue weighted by Crippen LogP contribution is 2.33. The largest absolute Gasteiger partial charge is 0.344 e. The maximum absolute atomic E-state index is 13.9. The standard InChI is InChI=1S/C20H26F2N4O3/c1-13(15-12-14(21)6-7-16(15)22)25(2)11-8-17(27)24-26-18(28)20(23-19(26)29)9-4-3-5-10-20/h6-7,12-13H,3-5,8-11H2,1-2H3,(H,23,29)(H,24,27). The lowest BCUT2D eigenvalue weighted by Gasteiger charge is -2.30. The van der Waals surface area contributed by atoms with Gasteiger partial charge in [-0.15, -0.1) is 0 Å². The van der Waals surface area contributed by atoms with Gasteiger partial charge in [0.2, 0.25) is 5.91 Å². The Hall–Kier alpha value is -2.55. The van der Waals surface area contributed by atoms with E-state index in [1.807, 2.05) is 0 Å². The quantitative estimate of drug-likeness (QED) is 0.709. The molecule has 9 heteroatoms. The van der Waals surface area contributed by atoms with Gasteiger partial charge >= 0.3 is 6.03 Å². The number of hydrazine groups is 1.